The van der Waals surface area contributed by atoms with Crippen molar-refractivity contribution < 1.29 is 17.6 Å². The number of carbonyl (C=O) groups is 1. The second kappa shape index (κ2) is 9.53. The van der Waals surface area contributed by atoms with Crippen molar-refractivity contribution in [1.29, 1.82) is 0 Å². The number of halogens is 1. The monoisotopic (exact) mass is 439 g/mol. The largest absolute Gasteiger partial charge is 0.271 e. The van der Waals surface area contributed by atoms with Gasteiger partial charge in [0.15, 0.2) is 0 Å². The van der Waals surface area contributed by atoms with Gasteiger partial charge in [0, 0.05) is 0 Å². The minimum atomic E-state index is -3.99. The third-order valence-corrected chi connectivity index (χ3v) is 6.25. The molecule has 0 fully saturated rings. The topological polar surface area (TPSA) is 78.8 Å². The first kappa shape index (κ1) is 22.2. The van der Waals surface area contributed by atoms with Gasteiger partial charge in [0.25, 0.3) is 15.9 Å². The molecule has 0 saturated carbocycles. The first-order valence-electron chi connectivity index (χ1n) is 9.49. The third-order valence-electron chi connectivity index (χ3n) is 4.46. The highest BCUT2D eigenvalue weighted by Gasteiger charge is 2.27. The van der Waals surface area contributed by atoms with E-state index in [1.165, 1.54) is 42.6 Å². The van der Waals surface area contributed by atoms with Crippen LogP contribution in [0.3, 0.4) is 0 Å². The van der Waals surface area contributed by atoms with Gasteiger partial charge in [0.1, 0.15) is 12.4 Å². The van der Waals surface area contributed by atoms with E-state index in [9.17, 15) is 17.6 Å². The number of sulfonamides is 1. The van der Waals surface area contributed by atoms with Crippen LogP contribution in [0.2, 0.25) is 0 Å². The molecule has 0 spiro atoms. The van der Waals surface area contributed by atoms with Crippen molar-refractivity contribution in [2.75, 3.05) is 10.8 Å². The van der Waals surface area contributed by atoms with Crippen molar-refractivity contribution in [3.63, 3.8) is 0 Å². The van der Waals surface area contributed by atoms with Crippen molar-refractivity contribution in [2.24, 2.45) is 5.10 Å². The zero-order chi connectivity index (χ0) is 22.4. The molecule has 31 heavy (non-hydrogen) atoms. The second-order valence-corrected chi connectivity index (χ2v) is 8.87. The zero-order valence-electron chi connectivity index (χ0n) is 17.1. The average Bonchev–Trinajstić information content (AvgIpc) is 2.73. The molecule has 0 aromatic heterocycles. The quantitative estimate of drug-likeness (QED) is 0.449. The Morgan fingerprint density at radius 2 is 1.68 bits per heavy atom. The molecule has 8 heteroatoms. The lowest BCUT2D eigenvalue weighted by molar-refractivity contribution is -0.119. The number of anilines is 1. The number of nitrogens with zero attached hydrogens (tertiary/aromatic N) is 2. The van der Waals surface area contributed by atoms with Crippen LogP contribution in [0.4, 0.5) is 10.1 Å². The number of carbonyl (C=O) groups excluding carboxylic acids is 1. The maximum Gasteiger partial charge on any atom is 0.264 e. The molecule has 0 atom stereocenters. The fourth-order valence-electron chi connectivity index (χ4n) is 2.83. The van der Waals surface area contributed by atoms with Crippen molar-refractivity contribution in [2.45, 2.75) is 18.7 Å². The Bertz CT molecular complexity index is 1190. The molecule has 3 aromatic rings. The van der Waals surface area contributed by atoms with Crippen LogP contribution in [-0.4, -0.2) is 27.1 Å². The summed E-state index contributed by atoms with van der Waals surface area (Å²) in [5, 5.41) is 3.83. The standard InChI is InChI=1S/C23H22FN3O3S/c1-17-6-12-22(13-7-17)31(29,30)27(21-5-3-4-18(2)14-21)16-23(28)26-25-15-19-8-10-20(24)11-9-19/h3-15H,16H2,1-2H3,(H,26,28). The molecule has 0 heterocycles. The number of aryl methyl sites for hydroxylation is 2. The molecule has 0 radical (unpaired) electrons. The summed E-state index contributed by atoms with van der Waals surface area (Å²) in [6, 6.07) is 18.9. The minimum Gasteiger partial charge on any atom is -0.271 e. The molecule has 0 aliphatic carbocycles. The summed E-state index contributed by atoms with van der Waals surface area (Å²) < 4.78 is 40.6. The highest BCUT2D eigenvalue weighted by atomic mass is 32.2. The number of amides is 1. The summed E-state index contributed by atoms with van der Waals surface area (Å²) in [6.07, 6.45) is 1.35. The fourth-order valence-corrected chi connectivity index (χ4v) is 4.24. The van der Waals surface area contributed by atoms with Crippen LogP contribution in [0.25, 0.3) is 0 Å². The van der Waals surface area contributed by atoms with E-state index < -0.39 is 22.5 Å². The number of hydrazone groups is 1. The van der Waals surface area contributed by atoms with Crippen LogP contribution < -0.4 is 9.73 Å². The zero-order valence-corrected chi connectivity index (χ0v) is 17.9. The molecule has 0 bridgehead atoms. The van der Waals surface area contributed by atoms with Gasteiger partial charge in [0.05, 0.1) is 16.8 Å². The van der Waals surface area contributed by atoms with Gasteiger partial charge in [-0.25, -0.2) is 18.2 Å². The molecule has 0 aliphatic heterocycles. The second-order valence-electron chi connectivity index (χ2n) is 7.01. The van der Waals surface area contributed by atoms with Crippen LogP contribution in [-0.2, 0) is 14.8 Å². The summed E-state index contributed by atoms with van der Waals surface area (Å²) in [4.78, 5) is 12.6. The van der Waals surface area contributed by atoms with Gasteiger partial charge in [-0.2, -0.15) is 5.10 Å². The Labute approximate surface area is 181 Å². The van der Waals surface area contributed by atoms with E-state index in [4.69, 9.17) is 0 Å². The lowest BCUT2D eigenvalue weighted by Crippen LogP contribution is -2.39. The Hall–Kier alpha value is -3.52. The first-order chi connectivity index (χ1) is 14.8. The van der Waals surface area contributed by atoms with Crippen LogP contribution in [0.5, 0.6) is 0 Å². The average molecular weight is 440 g/mol. The van der Waals surface area contributed by atoms with Gasteiger partial charge in [-0.15, -0.1) is 0 Å². The molecule has 3 rings (SSSR count). The van der Waals surface area contributed by atoms with E-state index in [0.29, 0.717) is 11.3 Å². The van der Waals surface area contributed by atoms with Gasteiger partial charge in [-0.1, -0.05) is 42.0 Å². The van der Waals surface area contributed by atoms with Crippen molar-refractivity contribution >= 4 is 27.8 Å². The van der Waals surface area contributed by atoms with Gasteiger partial charge in [-0.05, 0) is 61.4 Å². The number of hydrogen-bond donors (Lipinski definition) is 1. The van der Waals surface area contributed by atoms with Crippen molar-refractivity contribution in [3.05, 3.63) is 95.3 Å². The summed E-state index contributed by atoms with van der Waals surface area (Å²) in [5.41, 5.74) is 5.07. The Morgan fingerprint density at radius 3 is 2.32 bits per heavy atom. The Morgan fingerprint density at radius 1 is 1.00 bits per heavy atom. The van der Waals surface area contributed by atoms with Gasteiger partial charge in [0.2, 0.25) is 0 Å². The van der Waals surface area contributed by atoms with Crippen LogP contribution >= 0.6 is 0 Å². The number of rotatable bonds is 7. The van der Waals surface area contributed by atoms with E-state index in [0.717, 1.165) is 15.4 Å². The van der Waals surface area contributed by atoms with Crippen molar-refractivity contribution in [1.82, 2.24) is 5.43 Å². The Balaban J connectivity index is 1.83. The number of hydrogen-bond acceptors (Lipinski definition) is 4. The summed E-state index contributed by atoms with van der Waals surface area (Å²) >= 11 is 0. The molecular formula is C23H22FN3O3S. The van der Waals surface area contributed by atoms with Gasteiger partial charge >= 0.3 is 0 Å². The molecule has 1 amide bonds. The van der Waals surface area contributed by atoms with E-state index in [1.54, 1.807) is 30.3 Å². The maximum absolute atomic E-state index is 13.3. The summed E-state index contributed by atoms with van der Waals surface area (Å²) in [6.45, 7) is 3.24. The highest BCUT2D eigenvalue weighted by molar-refractivity contribution is 7.92. The van der Waals surface area contributed by atoms with Gasteiger partial charge < -0.3 is 0 Å². The third kappa shape index (κ3) is 5.76. The lowest BCUT2D eigenvalue weighted by atomic mass is 10.2. The van der Waals surface area contributed by atoms with E-state index >= 15 is 0 Å². The number of benzene rings is 3. The highest BCUT2D eigenvalue weighted by Crippen LogP contribution is 2.24. The van der Waals surface area contributed by atoms with E-state index in [1.807, 2.05) is 19.9 Å². The molecule has 3 aromatic carbocycles. The van der Waals surface area contributed by atoms with E-state index in [-0.39, 0.29) is 10.7 Å². The lowest BCUT2D eigenvalue weighted by Gasteiger charge is -2.24. The van der Waals surface area contributed by atoms with Gasteiger partial charge in [-0.3, -0.25) is 9.10 Å². The molecular weight excluding hydrogens is 417 g/mol. The minimum absolute atomic E-state index is 0.0854. The maximum atomic E-state index is 13.3. The first-order valence-corrected chi connectivity index (χ1v) is 10.9. The van der Waals surface area contributed by atoms with Crippen LogP contribution in [0, 0.1) is 19.7 Å². The number of nitrogens with one attached hydrogen (secondary N) is 1. The molecule has 6 nitrogen and oxygen atoms in total. The molecule has 0 saturated heterocycles. The Kier molecular flexibility index (Phi) is 6.81. The predicted octanol–water partition coefficient (Wildman–Crippen LogP) is 3.79. The van der Waals surface area contributed by atoms with E-state index in [2.05, 4.69) is 10.5 Å². The molecule has 0 unspecified atom stereocenters. The summed E-state index contributed by atoms with van der Waals surface area (Å²) in [7, 11) is -3.99. The smallest absolute Gasteiger partial charge is 0.264 e. The normalized spacial score (nSPS) is 11.5. The van der Waals surface area contributed by atoms with Crippen LogP contribution in [0.15, 0.2) is 82.8 Å². The molecule has 160 valence electrons. The fraction of sp³-hybridized carbons (Fsp3) is 0.130. The van der Waals surface area contributed by atoms with Crippen molar-refractivity contribution in [3.8, 4) is 0 Å². The molecule has 0 aliphatic rings. The summed E-state index contributed by atoms with van der Waals surface area (Å²) in [5.74, 6) is -0.994. The predicted molar refractivity (Wildman–Crippen MR) is 119 cm³/mol. The van der Waals surface area contributed by atoms with Crippen LogP contribution in [0.1, 0.15) is 16.7 Å². The SMILES string of the molecule is Cc1ccc(S(=O)(=O)N(CC(=O)NN=Cc2ccc(F)cc2)c2cccc(C)c2)cc1. The molecule has 1 N–H and O–H groups in total.